The zero-order valence-electron chi connectivity index (χ0n) is 15.1. The van der Waals surface area contributed by atoms with Gasteiger partial charge < -0.3 is 15.7 Å². The van der Waals surface area contributed by atoms with E-state index in [1.54, 1.807) is 6.07 Å². The van der Waals surface area contributed by atoms with Crippen molar-refractivity contribution in [2.75, 3.05) is 0 Å². The van der Waals surface area contributed by atoms with Crippen molar-refractivity contribution in [2.24, 2.45) is 0 Å². The van der Waals surface area contributed by atoms with Gasteiger partial charge in [-0.3, -0.25) is 9.59 Å². The third-order valence-electron chi connectivity index (χ3n) is 3.99. The maximum Gasteiger partial charge on any atom is 0.326 e. The van der Waals surface area contributed by atoms with Crippen LogP contribution in [0.4, 0.5) is 8.78 Å². The van der Waals surface area contributed by atoms with Crippen LogP contribution in [0.3, 0.4) is 0 Å². The molecule has 8 heteroatoms. The lowest BCUT2D eigenvalue weighted by molar-refractivity contribution is -0.142. The van der Waals surface area contributed by atoms with E-state index in [0.717, 1.165) is 0 Å². The molecule has 6 nitrogen and oxygen atoms in total. The minimum Gasteiger partial charge on any atom is -0.480 e. The summed E-state index contributed by atoms with van der Waals surface area (Å²) in [6.45, 7) is 1.22. The molecule has 2 aromatic carbocycles. The number of halogens is 2. The van der Waals surface area contributed by atoms with Crippen LogP contribution in [-0.4, -0.2) is 35.0 Å². The lowest BCUT2D eigenvalue weighted by Crippen LogP contribution is -2.52. The Balaban J connectivity index is 2.12. The minimum absolute atomic E-state index is 0.00788. The number of carboxylic acid groups (broad SMARTS) is 1. The molecule has 0 bridgehead atoms. The van der Waals surface area contributed by atoms with Crippen molar-refractivity contribution >= 4 is 17.8 Å². The summed E-state index contributed by atoms with van der Waals surface area (Å²) in [6.07, 6.45) is -0.0693. The molecule has 0 saturated carbocycles. The normalized spacial score (nSPS) is 12.7. The Morgan fingerprint density at radius 2 is 1.54 bits per heavy atom. The molecule has 2 rings (SSSR count). The van der Waals surface area contributed by atoms with E-state index >= 15 is 0 Å². The summed E-state index contributed by atoms with van der Waals surface area (Å²) in [5.41, 5.74) is 0.995. The Hall–Kier alpha value is -3.29. The topological polar surface area (TPSA) is 95.5 Å². The van der Waals surface area contributed by atoms with Crippen molar-refractivity contribution in [3.63, 3.8) is 0 Å². The fourth-order valence-electron chi connectivity index (χ4n) is 2.68. The Kier molecular flexibility index (Phi) is 7.20. The molecule has 0 spiro atoms. The highest BCUT2D eigenvalue weighted by Crippen LogP contribution is 2.09. The number of carboxylic acids is 1. The van der Waals surface area contributed by atoms with E-state index in [4.69, 9.17) is 0 Å². The maximum atomic E-state index is 13.4. The highest BCUT2D eigenvalue weighted by atomic mass is 19.1. The summed E-state index contributed by atoms with van der Waals surface area (Å²) in [7, 11) is 0. The van der Waals surface area contributed by atoms with Crippen LogP contribution < -0.4 is 10.6 Å². The van der Waals surface area contributed by atoms with Crippen molar-refractivity contribution in [3.05, 3.63) is 71.3 Å². The van der Waals surface area contributed by atoms with Crippen molar-refractivity contribution in [2.45, 2.75) is 31.8 Å². The maximum absolute atomic E-state index is 13.4. The van der Waals surface area contributed by atoms with Gasteiger partial charge >= 0.3 is 5.97 Å². The first-order chi connectivity index (χ1) is 13.2. The van der Waals surface area contributed by atoms with Gasteiger partial charge in [0.25, 0.3) is 0 Å². The van der Waals surface area contributed by atoms with Crippen LogP contribution in [0.5, 0.6) is 0 Å². The molecule has 0 aliphatic carbocycles. The number of hydrogen-bond donors (Lipinski definition) is 3. The second-order valence-corrected chi connectivity index (χ2v) is 6.32. The van der Waals surface area contributed by atoms with Gasteiger partial charge in [0.1, 0.15) is 23.7 Å². The zero-order chi connectivity index (χ0) is 20.7. The third kappa shape index (κ3) is 6.46. The lowest BCUT2D eigenvalue weighted by Gasteiger charge is -2.21. The van der Waals surface area contributed by atoms with E-state index in [9.17, 15) is 28.3 Å². The van der Waals surface area contributed by atoms with Gasteiger partial charge in [0.15, 0.2) is 0 Å². The van der Waals surface area contributed by atoms with Crippen LogP contribution in [0.15, 0.2) is 48.5 Å². The second-order valence-electron chi connectivity index (χ2n) is 6.32. The molecule has 2 amide bonds. The largest absolute Gasteiger partial charge is 0.480 e. The molecule has 2 aromatic rings. The number of benzene rings is 2. The van der Waals surface area contributed by atoms with Crippen LogP contribution in [0.1, 0.15) is 18.1 Å². The van der Waals surface area contributed by atoms with Crippen LogP contribution in [0.2, 0.25) is 0 Å². The molecule has 2 atom stereocenters. The van der Waals surface area contributed by atoms with Crippen LogP contribution >= 0.6 is 0 Å². The van der Waals surface area contributed by atoms with Crippen LogP contribution in [0, 0.1) is 11.6 Å². The summed E-state index contributed by atoms with van der Waals surface area (Å²) in [4.78, 5) is 35.6. The van der Waals surface area contributed by atoms with Gasteiger partial charge in [-0.2, -0.15) is 0 Å². The van der Waals surface area contributed by atoms with E-state index in [0.29, 0.717) is 11.1 Å². The standard InChI is InChI=1S/C20H20F2N2O4/c1-12(25)23-17(11-14-3-2-4-16(22)9-14)19(26)24-18(20(27)28)10-13-5-7-15(21)8-6-13/h2-9,17-18H,10-11H2,1H3,(H,23,25)(H,24,26)(H,27,28)/t17-,18+/m0/s1. The zero-order valence-corrected chi connectivity index (χ0v) is 15.1. The number of carbonyl (C=O) groups is 3. The van der Waals surface area contributed by atoms with E-state index in [1.165, 1.54) is 49.4 Å². The molecule has 28 heavy (non-hydrogen) atoms. The van der Waals surface area contributed by atoms with Crippen LogP contribution in [-0.2, 0) is 27.2 Å². The van der Waals surface area contributed by atoms with E-state index in [-0.39, 0.29) is 12.8 Å². The quantitative estimate of drug-likeness (QED) is 0.641. The van der Waals surface area contributed by atoms with Crippen LogP contribution in [0.25, 0.3) is 0 Å². The molecular weight excluding hydrogens is 370 g/mol. The first kappa shape index (κ1) is 21.0. The molecule has 148 valence electrons. The molecular formula is C20H20F2N2O4. The fourth-order valence-corrected chi connectivity index (χ4v) is 2.68. The van der Waals surface area contributed by atoms with Gasteiger partial charge in [0, 0.05) is 19.8 Å². The number of carbonyl (C=O) groups excluding carboxylic acids is 2. The fraction of sp³-hybridized carbons (Fsp3) is 0.250. The van der Waals surface area contributed by atoms with Crippen molar-refractivity contribution in [1.29, 1.82) is 0 Å². The average molecular weight is 390 g/mol. The second kappa shape index (κ2) is 9.59. The Morgan fingerprint density at radius 3 is 2.11 bits per heavy atom. The van der Waals surface area contributed by atoms with Gasteiger partial charge in [-0.15, -0.1) is 0 Å². The number of hydrogen-bond acceptors (Lipinski definition) is 3. The number of nitrogens with one attached hydrogen (secondary N) is 2. The third-order valence-corrected chi connectivity index (χ3v) is 3.99. The van der Waals surface area contributed by atoms with Gasteiger partial charge in [-0.25, -0.2) is 13.6 Å². The van der Waals surface area contributed by atoms with E-state index in [1.807, 2.05) is 0 Å². The molecule has 0 radical (unpaired) electrons. The molecule has 0 unspecified atom stereocenters. The highest BCUT2D eigenvalue weighted by molar-refractivity contribution is 5.90. The molecule has 0 aliphatic heterocycles. The van der Waals surface area contributed by atoms with Gasteiger partial charge in [-0.05, 0) is 35.4 Å². The van der Waals surface area contributed by atoms with Gasteiger partial charge in [-0.1, -0.05) is 24.3 Å². The van der Waals surface area contributed by atoms with Crippen molar-refractivity contribution < 1.29 is 28.3 Å². The van der Waals surface area contributed by atoms with E-state index < -0.39 is 41.5 Å². The number of amides is 2. The first-order valence-corrected chi connectivity index (χ1v) is 8.53. The summed E-state index contributed by atoms with van der Waals surface area (Å²) in [6, 6.07) is 8.44. The highest BCUT2D eigenvalue weighted by Gasteiger charge is 2.26. The molecule has 0 aliphatic rings. The Labute approximate surface area is 160 Å². The SMILES string of the molecule is CC(=O)N[C@@H](Cc1cccc(F)c1)C(=O)N[C@H](Cc1ccc(F)cc1)C(=O)O. The lowest BCUT2D eigenvalue weighted by atomic mass is 10.0. The molecule has 0 aromatic heterocycles. The summed E-state index contributed by atoms with van der Waals surface area (Å²) in [5.74, 6) is -3.42. The van der Waals surface area contributed by atoms with Gasteiger partial charge in [0.2, 0.25) is 11.8 Å². The molecule has 3 N–H and O–H groups in total. The monoisotopic (exact) mass is 390 g/mol. The summed E-state index contributed by atoms with van der Waals surface area (Å²) >= 11 is 0. The first-order valence-electron chi connectivity index (χ1n) is 8.53. The number of rotatable bonds is 8. The molecule has 0 fully saturated rings. The molecule has 0 saturated heterocycles. The van der Waals surface area contributed by atoms with Crippen molar-refractivity contribution in [1.82, 2.24) is 10.6 Å². The summed E-state index contributed by atoms with van der Waals surface area (Å²) in [5, 5.41) is 14.2. The Bertz CT molecular complexity index is 856. The predicted octanol–water partition coefficient (Wildman–Crippen LogP) is 1.82. The Morgan fingerprint density at radius 1 is 0.893 bits per heavy atom. The molecule has 0 heterocycles. The number of aliphatic carboxylic acids is 1. The average Bonchev–Trinajstić information content (AvgIpc) is 2.62. The van der Waals surface area contributed by atoms with E-state index in [2.05, 4.69) is 10.6 Å². The van der Waals surface area contributed by atoms with Crippen molar-refractivity contribution in [3.8, 4) is 0 Å². The predicted molar refractivity (Wildman–Crippen MR) is 97.4 cm³/mol. The summed E-state index contributed by atoms with van der Waals surface area (Å²) < 4.78 is 26.4. The smallest absolute Gasteiger partial charge is 0.326 e. The minimum atomic E-state index is -1.28. The van der Waals surface area contributed by atoms with Gasteiger partial charge in [0.05, 0.1) is 0 Å².